The van der Waals surface area contributed by atoms with Crippen molar-refractivity contribution in [3.63, 3.8) is 0 Å². The highest BCUT2D eigenvalue weighted by atomic mass is 16.2. The summed E-state index contributed by atoms with van der Waals surface area (Å²) in [4.78, 5) is 25.2. The molecule has 1 fully saturated rings. The van der Waals surface area contributed by atoms with Gasteiger partial charge < -0.3 is 15.5 Å². The van der Waals surface area contributed by atoms with E-state index in [2.05, 4.69) is 16.7 Å². The summed E-state index contributed by atoms with van der Waals surface area (Å²) in [7, 11) is 1.72. The molecule has 0 saturated heterocycles. The molecule has 3 amide bonds. The van der Waals surface area contributed by atoms with Gasteiger partial charge in [-0.3, -0.25) is 4.79 Å². The van der Waals surface area contributed by atoms with Crippen LogP contribution in [0.2, 0.25) is 0 Å². The number of hydrogen-bond acceptors (Lipinski definition) is 3. The van der Waals surface area contributed by atoms with Gasteiger partial charge in [0.2, 0.25) is 5.91 Å². The van der Waals surface area contributed by atoms with Gasteiger partial charge in [-0.2, -0.15) is 5.26 Å². The van der Waals surface area contributed by atoms with Gasteiger partial charge in [-0.1, -0.05) is 19.3 Å². The highest BCUT2D eigenvalue weighted by molar-refractivity contribution is 5.76. The van der Waals surface area contributed by atoms with Gasteiger partial charge >= 0.3 is 6.03 Å². The van der Waals surface area contributed by atoms with Crippen LogP contribution in [0.25, 0.3) is 0 Å². The Hall–Kier alpha value is -1.77. The minimum absolute atomic E-state index is 0.0113. The molecule has 1 saturated carbocycles. The van der Waals surface area contributed by atoms with E-state index in [9.17, 15) is 9.59 Å². The van der Waals surface area contributed by atoms with E-state index in [0.717, 1.165) is 12.8 Å². The third-order valence-corrected chi connectivity index (χ3v) is 4.23. The van der Waals surface area contributed by atoms with E-state index < -0.39 is 0 Å². The Morgan fingerprint density at radius 3 is 2.64 bits per heavy atom. The van der Waals surface area contributed by atoms with Crippen molar-refractivity contribution in [2.45, 2.75) is 70.4 Å². The zero-order valence-electron chi connectivity index (χ0n) is 13.7. The third-order valence-electron chi connectivity index (χ3n) is 4.23. The van der Waals surface area contributed by atoms with Crippen molar-refractivity contribution in [3.05, 3.63) is 0 Å². The molecule has 1 aliphatic carbocycles. The zero-order valence-corrected chi connectivity index (χ0v) is 13.7. The third kappa shape index (κ3) is 6.79. The van der Waals surface area contributed by atoms with Gasteiger partial charge in [0.15, 0.2) is 0 Å². The van der Waals surface area contributed by atoms with E-state index in [4.69, 9.17) is 5.26 Å². The number of nitrogens with zero attached hydrogens (tertiary/aromatic N) is 2. The molecule has 0 bridgehead atoms. The van der Waals surface area contributed by atoms with Crippen LogP contribution in [0.15, 0.2) is 0 Å². The van der Waals surface area contributed by atoms with Crippen LogP contribution in [0, 0.1) is 11.3 Å². The van der Waals surface area contributed by atoms with Crippen LogP contribution in [0.4, 0.5) is 4.79 Å². The fourth-order valence-electron chi connectivity index (χ4n) is 2.62. The second-order valence-corrected chi connectivity index (χ2v) is 6.05. The lowest BCUT2D eigenvalue weighted by molar-refractivity contribution is -0.131. The molecule has 0 aromatic heterocycles. The highest BCUT2D eigenvalue weighted by Gasteiger charge is 2.16. The van der Waals surface area contributed by atoms with Crippen LogP contribution in [0.1, 0.15) is 58.3 Å². The highest BCUT2D eigenvalue weighted by Crippen LogP contribution is 2.17. The topological polar surface area (TPSA) is 85.2 Å². The van der Waals surface area contributed by atoms with Gasteiger partial charge in [0.25, 0.3) is 0 Å². The number of carbonyl (C=O) groups excluding carboxylic acids is 2. The lowest BCUT2D eigenvalue weighted by Crippen LogP contribution is -2.43. The van der Waals surface area contributed by atoms with E-state index in [1.54, 1.807) is 11.9 Å². The minimum atomic E-state index is -0.134. The van der Waals surface area contributed by atoms with E-state index in [1.807, 2.05) is 6.92 Å². The summed E-state index contributed by atoms with van der Waals surface area (Å²) < 4.78 is 0. The monoisotopic (exact) mass is 308 g/mol. The molecule has 1 atom stereocenters. The average molecular weight is 308 g/mol. The SMILES string of the molecule is CC(CC#N)N(C)C(=O)CCCNC(=O)NC1CCCCC1. The molecule has 0 aromatic carbocycles. The molecule has 0 radical (unpaired) electrons. The predicted molar refractivity (Wildman–Crippen MR) is 85.1 cm³/mol. The van der Waals surface area contributed by atoms with E-state index in [1.165, 1.54) is 19.3 Å². The molecule has 0 aromatic rings. The maximum atomic E-state index is 11.9. The summed E-state index contributed by atoms with van der Waals surface area (Å²) >= 11 is 0. The molecule has 0 heterocycles. The summed E-state index contributed by atoms with van der Waals surface area (Å²) in [5.41, 5.74) is 0. The number of amides is 3. The summed E-state index contributed by atoms with van der Waals surface area (Å²) in [6.45, 7) is 2.35. The molecule has 22 heavy (non-hydrogen) atoms. The first kappa shape index (κ1) is 18.3. The van der Waals surface area contributed by atoms with E-state index in [-0.39, 0.29) is 18.0 Å². The number of nitriles is 1. The smallest absolute Gasteiger partial charge is 0.315 e. The maximum Gasteiger partial charge on any atom is 0.315 e. The van der Waals surface area contributed by atoms with Gasteiger partial charge in [-0.15, -0.1) is 0 Å². The van der Waals surface area contributed by atoms with Gasteiger partial charge in [0.05, 0.1) is 12.5 Å². The van der Waals surface area contributed by atoms with Crippen LogP contribution in [-0.2, 0) is 4.79 Å². The van der Waals surface area contributed by atoms with Gasteiger partial charge in [0, 0.05) is 32.1 Å². The summed E-state index contributed by atoms with van der Waals surface area (Å²) in [5, 5.41) is 14.4. The molecule has 1 aliphatic rings. The Labute approximate surface area is 133 Å². The first-order valence-corrected chi connectivity index (χ1v) is 8.21. The predicted octanol–water partition coefficient (Wildman–Crippen LogP) is 2.16. The average Bonchev–Trinajstić information content (AvgIpc) is 2.51. The van der Waals surface area contributed by atoms with Crippen LogP contribution in [0.5, 0.6) is 0 Å². The van der Waals surface area contributed by atoms with Crippen molar-refractivity contribution in [2.24, 2.45) is 0 Å². The van der Waals surface area contributed by atoms with Crippen molar-refractivity contribution in [1.29, 1.82) is 5.26 Å². The molecule has 2 N–H and O–H groups in total. The molecule has 0 aliphatic heterocycles. The molecule has 6 heteroatoms. The lowest BCUT2D eigenvalue weighted by Gasteiger charge is -2.23. The first-order chi connectivity index (χ1) is 10.5. The normalized spacial score (nSPS) is 16.4. The molecule has 1 unspecified atom stereocenters. The van der Waals surface area contributed by atoms with Crippen LogP contribution < -0.4 is 10.6 Å². The Bertz CT molecular complexity index is 399. The van der Waals surface area contributed by atoms with E-state index >= 15 is 0 Å². The Morgan fingerprint density at radius 2 is 2.00 bits per heavy atom. The fraction of sp³-hybridized carbons (Fsp3) is 0.812. The largest absolute Gasteiger partial charge is 0.342 e. The van der Waals surface area contributed by atoms with E-state index in [0.29, 0.717) is 31.8 Å². The Kier molecular flexibility index (Phi) is 8.34. The second kappa shape index (κ2) is 10.0. The number of rotatable bonds is 7. The maximum absolute atomic E-state index is 11.9. The molecule has 1 rings (SSSR count). The molecule has 0 spiro atoms. The summed E-state index contributed by atoms with van der Waals surface area (Å²) in [6, 6.07) is 2.16. The van der Waals surface area contributed by atoms with Crippen molar-refractivity contribution < 1.29 is 9.59 Å². The van der Waals surface area contributed by atoms with Crippen molar-refractivity contribution >= 4 is 11.9 Å². The number of nitrogens with one attached hydrogen (secondary N) is 2. The molecular formula is C16H28N4O2. The fourth-order valence-corrected chi connectivity index (χ4v) is 2.62. The number of urea groups is 1. The lowest BCUT2D eigenvalue weighted by atomic mass is 9.96. The van der Waals surface area contributed by atoms with Crippen molar-refractivity contribution in [3.8, 4) is 6.07 Å². The summed E-state index contributed by atoms with van der Waals surface area (Å²) in [6.07, 6.45) is 7.10. The first-order valence-electron chi connectivity index (χ1n) is 8.21. The minimum Gasteiger partial charge on any atom is -0.342 e. The number of hydrogen-bond donors (Lipinski definition) is 2. The molecule has 6 nitrogen and oxygen atoms in total. The van der Waals surface area contributed by atoms with Crippen LogP contribution in [-0.4, -0.2) is 42.5 Å². The van der Waals surface area contributed by atoms with Crippen LogP contribution in [0.3, 0.4) is 0 Å². The Morgan fingerprint density at radius 1 is 1.32 bits per heavy atom. The van der Waals surface area contributed by atoms with Gasteiger partial charge in [-0.25, -0.2) is 4.79 Å². The molecule has 124 valence electrons. The standard InChI is InChI=1S/C16H28N4O2/c1-13(10-11-17)20(2)15(21)9-6-12-18-16(22)19-14-7-4-3-5-8-14/h13-14H,3-10,12H2,1-2H3,(H2,18,19,22). The zero-order chi connectivity index (χ0) is 16.4. The van der Waals surface area contributed by atoms with Gasteiger partial charge in [0.1, 0.15) is 0 Å². The summed E-state index contributed by atoms with van der Waals surface area (Å²) in [5.74, 6) is 0.0113. The molecular weight excluding hydrogens is 280 g/mol. The quantitative estimate of drug-likeness (QED) is 0.707. The second-order valence-electron chi connectivity index (χ2n) is 6.05. The van der Waals surface area contributed by atoms with Crippen LogP contribution >= 0.6 is 0 Å². The Balaban J connectivity index is 2.12. The number of carbonyl (C=O) groups is 2. The van der Waals surface area contributed by atoms with Crippen molar-refractivity contribution in [1.82, 2.24) is 15.5 Å². The van der Waals surface area contributed by atoms with Crippen molar-refractivity contribution in [2.75, 3.05) is 13.6 Å². The van der Waals surface area contributed by atoms with Gasteiger partial charge in [-0.05, 0) is 26.2 Å².